The molecule has 0 radical (unpaired) electrons. The fourth-order valence-corrected chi connectivity index (χ4v) is 2.28. The quantitative estimate of drug-likeness (QED) is 0.876. The van der Waals surface area contributed by atoms with E-state index in [-0.39, 0.29) is 17.4 Å². The first-order valence-corrected chi connectivity index (χ1v) is 7.00. The number of carbonyl (C=O) groups excluding carboxylic acids is 1. The summed E-state index contributed by atoms with van der Waals surface area (Å²) >= 11 is 0. The Hall–Kier alpha value is -1.51. The van der Waals surface area contributed by atoms with Gasteiger partial charge in [-0.15, -0.1) is 0 Å². The lowest BCUT2D eigenvalue weighted by Crippen LogP contribution is -2.41. The molecule has 1 aliphatic rings. The SMILES string of the molecule is CC(NC(=O)CC1CNc2ccccc21)C(C)(C)C. The summed E-state index contributed by atoms with van der Waals surface area (Å²) in [6.07, 6.45) is 0.560. The van der Waals surface area contributed by atoms with Crippen LogP contribution in [0, 0.1) is 5.41 Å². The van der Waals surface area contributed by atoms with Crippen LogP contribution in [-0.4, -0.2) is 18.5 Å². The Morgan fingerprint density at radius 2 is 2.11 bits per heavy atom. The minimum atomic E-state index is 0.0987. The van der Waals surface area contributed by atoms with Crippen LogP contribution in [0.25, 0.3) is 0 Å². The predicted molar refractivity (Wildman–Crippen MR) is 79.3 cm³/mol. The van der Waals surface area contributed by atoms with Gasteiger partial charge in [0.1, 0.15) is 0 Å². The van der Waals surface area contributed by atoms with Gasteiger partial charge >= 0.3 is 0 Å². The van der Waals surface area contributed by atoms with Crippen LogP contribution in [0.2, 0.25) is 0 Å². The summed E-state index contributed by atoms with van der Waals surface area (Å²) in [7, 11) is 0. The van der Waals surface area contributed by atoms with Gasteiger partial charge in [-0.2, -0.15) is 0 Å². The highest BCUT2D eigenvalue weighted by molar-refractivity contribution is 5.78. The van der Waals surface area contributed by atoms with Crippen molar-refractivity contribution in [1.29, 1.82) is 0 Å². The zero-order chi connectivity index (χ0) is 14.0. The molecule has 0 aromatic heterocycles. The number of hydrogen-bond acceptors (Lipinski definition) is 2. The third kappa shape index (κ3) is 3.28. The van der Waals surface area contributed by atoms with E-state index in [0.29, 0.717) is 12.3 Å². The summed E-state index contributed by atoms with van der Waals surface area (Å²) in [5.41, 5.74) is 2.53. The number of carbonyl (C=O) groups is 1. The van der Waals surface area contributed by atoms with E-state index in [0.717, 1.165) is 6.54 Å². The molecule has 2 atom stereocenters. The van der Waals surface area contributed by atoms with Crippen LogP contribution in [0.4, 0.5) is 5.69 Å². The first-order valence-electron chi connectivity index (χ1n) is 7.00. The van der Waals surface area contributed by atoms with Gasteiger partial charge < -0.3 is 10.6 Å². The van der Waals surface area contributed by atoms with Gasteiger partial charge in [0.05, 0.1) is 0 Å². The minimum Gasteiger partial charge on any atom is -0.384 e. The first kappa shape index (κ1) is 13.9. The van der Waals surface area contributed by atoms with E-state index in [9.17, 15) is 4.79 Å². The lowest BCUT2D eigenvalue weighted by molar-refractivity contribution is -0.122. The molecule has 1 aromatic rings. The third-order valence-corrected chi connectivity index (χ3v) is 4.05. The molecule has 104 valence electrons. The molecule has 1 amide bonds. The molecule has 0 spiro atoms. The zero-order valence-corrected chi connectivity index (χ0v) is 12.3. The van der Waals surface area contributed by atoms with E-state index in [1.165, 1.54) is 11.3 Å². The summed E-state index contributed by atoms with van der Waals surface area (Å²) in [5, 5.41) is 6.47. The number of anilines is 1. The summed E-state index contributed by atoms with van der Waals surface area (Å²) in [6, 6.07) is 8.43. The summed E-state index contributed by atoms with van der Waals surface area (Å²) < 4.78 is 0. The lowest BCUT2D eigenvalue weighted by atomic mass is 9.87. The van der Waals surface area contributed by atoms with E-state index in [4.69, 9.17) is 0 Å². The molecule has 0 fully saturated rings. The van der Waals surface area contributed by atoms with Crippen LogP contribution in [0.3, 0.4) is 0 Å². The highest BCUT2D eigenvalue weighted by Crippen LogP contribution is 2.33. The fourth-order valence-electron chi connectivity index (χ4n) is 2.28. The highest BCUT2D eigenvalue weighted by Gasteiger charge is 2.26. The third-order valence-electron chi connectivity index (χ3n) is 4.05. The van der Waals surface area contributed by atoms with Gasteiger partial charge in [0.25, 0.3) is 0 Å². The molecule has 2 N–H and O–H groups in total. The number of fused-ring (bicyclic) bond motifs is 1. The van der Waals surface area contributed by atoms with Gasteiger partial charge in [-0.05, 0) is 24.0 Å². The average molecular weight is 260 g/mol. The molecule has 19 heavy (non-hydrogen) atoms. The van der Waals surface area contributed by atoms with Crippen molar-refractivity contribution in [2.24, 2.45) is 5.41 Å². The molecule has 3 heteroatoms. The minimum absolute atomic E-state index is 0.0987. The molecule has 1 aromatic carbocycles. The molecule has 0 saturated heterocycles. The molecule has 3 nitrogen and oxygen atoms in total. The molecule has 1 aliphatic heterocycles. The summed E-state index contributed by atoms with van der Waals surface area (Å²) in [5.74, 6) is 0.439. The maximum absolute atomic E-state index is 12.1. The van der Waals surface area contributed by atoms with Crippen molar-refractivity contribution in [1.82, 2.24) is 5.32 Å². The smallest absolute Gasteiger partial charge is 0.220 e. The second-order valence-corrected chi connectivity index (χ2v) is 6.52. The average Bonchev–Trinajstić information content (AvgIpc) is 2.71. The number of hydrogen-bond donors (Lipinski definition) is 2. The molecular weight excluding hydrogens is 236 g/mol. The lowest BCUT2D eigenvalue weighted by Gasteiger charge is -2.28. The van der Waals surface area contributed by atoms with E-state index < -0.39 is 0 Å². The Morgan fingerprint density at radius 1 is 1.42 bits per heavy atom. The standard InChI is InChI=1S/C16H24N2O/c1-11(16(2,3)4)18-15(19)9-12-10-17-14-8-6-5-7-13(12)14/h5-8,11-12,17H,9-10H2,1-4H3,(H,18,19). The van der Waals surface area contributed by atoms with Gasteiger partial charge in [0.15, 0.2) is 0 Å². The van der Waals surface area contributed by atoms with E-state index in [2.05, 4.69) is 50.5 Å². The first-order chi connectivity index (χ1) is 8.88. The van der Waals surface area contributed by atoms with Crippen molar-refractivity contribution in [3.8, 4) is 0 Å². The number of benzene rings is 1. The van der Waals surface area contributed by atoms with Crippen LogP contribution < -0.4 is 10.6 Å². The summed E-state index contributed by atoms with van der Waals surface area (Å²) in [6.45, 7) is 9.36. The molecule has 1 heterocycles. The van der Waals surface area contributed by atoms with Gasteiger partial charge in [-0.3, -0.25) is 4.79 Å². The van der Waals surface area contributed by atoms with Crippen LogP contribution >= 0.6 is 0 Å². The number of rotatable bonds is 3. The highest BCUT2D eigenvalue weighted by atomic mass is 16.1. The Kier molecular flexibility index (Phi) is 3.83. The second kappa shape index (κ2) is 5.24. The van der Waals surface area contributed by atoms with Gasteiger partial charge in [-0.25, -0.2) is 0 Å². The van der Waals surface area contributed by atoms with E-state index in [1.54, 1.807) is 0 Å². The second-order valence-electron chi connectivity index (χ2n) is 6.52. The van der Waals surface area contributed by atoms with E-state index >= 15 is 0 Å². The number of amides is 1. The van der Waals surface area contributed by atoms with Crippen molar-refractivity contribution >= 4 is 11.6 Å². The van der Waals surface area contributed by atoms with Crippen LogP contribution in [0.15, 0.2) is 24.3 Å². The molecule has 2 unspecified atom stereocenters. The van der Waals surface area contributed by atoms with Crippen molar-refractivity contribution in [2.75, 3.05) is 11.9 Å². The zero-order valence-electron chi connectivity index (χ0n) is 12.3. The van der Waals surface area contributed by atoms with Crippen molar-refractivity contribution in [3.05, 3.63) is 29.8 Å². The van der Waals surface area contributed by atoms with Gasteiger partial charge in [0, 0.05) is 30.6 Å². The normalized spacial score (nSPS) is 19.5. The predicted octanol–water partition coefficient (Wildman–Crippen LogP) is 3.14. The molecule has 2 rings (SSSR count). The Balaban J connectivity index is 1.95. The molecular formula is C16H24N2O. The summed E-state index contributed by atoms with van der Waals surface area (Å²) in [4.78, 5) is 12.1. The van der Waals surface area contributed by atoms with Crippen molar-refractivity contribution < 1.29 is 4.79 Å². The molecule has 0 saturated carbocycles. The number of para-hydroxylation sites is 1. The maximum atomic E-state index is 12.1. The Bertz CT molecular complexity index is 462. The largest absolute Gasteiger partial charge is 0.384 e. The van der Waals surface area contributed by atoms with Gasteiger partial charge in [-0.1, -0.05) is 39.0 Å². The number of nitrogens with one attached hydrogen (secondary N) is 2. The monoisotopic (exact) mass is 260 g/mol. The van der Waals surface area contributed by atoms with Crippen LogP contribution in [0.1, 0.15) is 45.6 Å². The van der Waals surface area contributed by atoms with Crippen LogP contribution in [-0.2, 0) is 4.79 Å². The fraction of sp³-hybridized carbons (Fsp3) is 0.562. The van der Waals surface area contributed by atoms with E-state index in [1.807, 2.05) is 12.1 Å². The Morgan fingerprint density at radius 3 is 2.79 bits per heavy atom. The molecule has 0 bridgehead atoms. The van der Waals surface area contributed by atoms with Gasteiger partial charge in [0.2, 0.25) is 5.91 Å². The van der Waals surface area contributed by atoms with Crippen molar-refractivity contribution in [2.45, 2.75) is 46.1 Å². The van der Waals surface area contributed by atoms with Crippen LogP contribution in [0.5, 0.6) is 0 Å². The van der Waals surface area contributed by atoms with Crippen molar-refractivity contribution in [3.63, 3.8) is 0 Å². The maximum Gasteiger partial charge on any atom is 0.220 e. The topological polar surface area (TPSA) is 41.1 Å². The molecule has 0 aliphatic carbocycles. The Labute approximate surface area is 115 Å².